The zero-order valence-electron chi connectivity index (χ0n) is 11.0. The normalized spacial score (nSPS) is 14.9. The van der Waals surface area contributed by atoms with Crippen LogP contribution in [0.25, 0.3) is 0 Å². The number of hydrogen-bond acceptors (Lipinski definition) is 2. The van der Waals surface area contributed by atoms with Gasteiger partial charge in [0.25, 0.3) is 0 Å². The second-order valence-corrected chi connectivity index (χ2v) is 5.84. The molecule has 0 bridgehead atoms. The van der Waals surface area contributed by atoms with Gasteiger partial charge in [-0.05, 0) is 29.8 Å². The van der Waals surface area contributed by atoms with Crippen LogP contribution in [0.1, 0.15) is 5.56 Å². The van der Waals surface area contributed by atoms with E-state index in [2.05, 4.69) is 34.5 Å². The van der Waals surface area contributed by atoms with E-state index < -0.39 is 0 Å². The van der Waals surface area contributed by atoms with Crippen molar-refractivity contribution < 1.29 is 0 Å². The van der Waals surface area contributed by atoms with Crippen molar-refractivity contribution in [2.75, 3.05) is 18.0 Å². The first-order chi connectivity index (χ1) is 9.74. The van der Waals surface area contributed by atoms with Gasteiger partial charge in [0.1, 0.15) is 0 Å². The summed E-state index contributed by atoms with van der Waals surface area (Å²) in [7, 11) is 0. The Morgan fingerprint density at radius 3 is 2.35 bits per heavy atom. The first-order valence-electron chi connectivity index (χ1n) is 6.70. The van der Waals surface area contributed by atoms with E-state index in [1.807, 2.05) is 24.3 Å². The average molecular weight is 307 g/mol. The van der Waals surface area contributed by atoms with Crippen LogP contribution in [0.2, 0.25) is 10.0 Å². The molecule has 3 rings (SSSR count). The quantitative estimate of drug-likeness (QED) is 0.919. The molecule has 0 atom stereocenters. The van der Waals surface area contributed by atoms with Crippen molar-refractivity contribution in [3.63, 3.8) is 0 Å². The Kier molecular flexibility index (Phi) is 4.16. The Balaban J connectivity index is 1.84. The maximum atomic E-state index is 6.11. The molecule has 20 heavy (non-hydrogen) atoms. The largest absolute Gasteiger partial charge is 0.362 e. The molecule has 0 aliphatic carbocycles. The summed E-state index contributed by atoms with van der Waals surface area (Å²) in [5, 5.41) is 4.55. The van der Waals surface area contributed by atoms with E-state index in [0.717, 1.165) is 19.6 Å². The van der Waals surface area contributed by atoms with Gasteiger partial charge in [-0.25, -0.2) is 0 Å². The van der Waals surface area contributed by atoms with E-state index in [4.69, 9.17) is 23.2 Å². The van der Waals surface area contributed by atoms with Crippen molar-refractivity contribution in [1.29, 1.82) is 0 Å². The van der Waals surface area contributed by atoms with Gasteiger partial charge >= 0.3 is 0 Å². The van der Waals surface area contributed by atoms with Crippen LogP contribution >= 0.6 is 23.2 Å². The van der Waals surface area contributed by atoms with Gasteiger partial charge in [0.05, 0.1) is 16.1 Å². The molecule has 104 valence electrons. The van der Waals surface area contributed by atoms with Gasteiger partial charge in [0.15, 0.2) is 0 Å². The molecule has 2 nitrogen and oxygen atoms in total. The van der Waals surface area contributed by atoms with Crippen LogP contribution in [0.5, 0.6) is 0 Å². The molecule has 2 aromatic carbocycles. The van der Waals surface area contributed by atoms with Crippen molar-refractivity contribution in [3.05, 3.63) is 64.1 Å². The van der Waals surface area contributed by atoms with E-state index in [0.29, 0.717) is 16.1 Å². The summed E-state index contributed by atoms with van der Waals surface area (Å²) in [4.78, 5) is 2.41. The van der Waals surface area contributed by atoms with Crippen LogP contribution in [0.4, 0.5) is 5.69 Å². The molecule has 2 aromatic rings. The van der Waals surface area contributed by atoms with Gasteiger partial charge in [0.2, 0.25) is 0 Å². The molecule has 4 heteroatoms. The van der Waals surface area contributed by atoms with E-state index in [-0.39, 0.29) is 0 Å². The maximum absolute atomic E-state index is 6.11. The zero-order valence-corrected chi connectivity index (χ0v) is 12.5. The van der Waals surface area contributed by atoms with Gasteiger partial charge in [-0.2, -0.15) is 0 Å². The third-order valence-electron chi connectivity index (χ3n) is 3.63. The molecule has 1 fully saturated rings. The van der Waals surface area contributed by atoms with Crippen molar-refractivity contribution in [1.82, 2.24) is 5.32 Å². The van der Waals surface area contributed by atoms with Gasteiger partial charge in [-0.1, -0.05) is 47.5 Å². The molecule has 0 aromatic heterocycles. The first kappa shape index (κ1) is 13.7. The second kappa shape index (κ2) is 6.04. The summed E-state index contributed by atoms with van der Waals surface area (Å²) in [6.45, 7) is 2.89. The molecule has 0 radical (unpaired) electrons. The lowest BCUT2D eigenvalue weighted by Crippen LogP contribution is -2.57. The highest BCUT2D eigenvalue weighted by molar-refractivity contribution is 6.42. The molecular weight excluding hydrogens is 291 g/mol. The van der Waals surface area contributed by atoms with Crippen molar-refractivity contribution in [2.24, 2.45) is 0 Å². The van der Waals surface area contributed by atoms with Crippen molar-refractivity contribution in [3.8, 4) is 0 Å². The van der Waals surface area contributed by atoms with Gasteiger partial charge in [-0.3, -0.25) is 0 Å². The molecule has 0 saturated carbocycles. The number of hydrogen-bond donors (Lipinski definition) is 1. The molecule has 0 spiro atoms. The van der Waals surface area contributed by atoms with E-state index in [1.165, 1.54) is 11.3 Å². The van der Waals surface area contributed by atoms with Gasteiger partial charge in [0, 0.05) is 25.3 Å². The predicted octanol–water partition coefficient (Wildman–Crippen LogP) is 3.97. The third-order valence-corrected chi connectivity index (χ3v) is 4.36. The fourth-order valence-electron chi connectivity index (χ4n) is 2.38. The fraction of sp³-hybridized carbons (Fsp3) is 0.250. The number of anilines is 1. The Hall–Kier alpha value is -1.22. The molecule has 1 aliphatic rings. The van der Waals surface area contributed by atoms with E-state index >= 15 is 0 Å². The van der Waals surface area contributed by atoms with Crippen LogP contribution in [0, 0.1) is 0 Å². The minimum absolute atomic E-state index is 0.534. The molecule has 0 unspecified atom stereocenters. The minimum Gasteiger partial charge on any atom is -0.362 e. The van der Waals surface area contributed by atoms with Crippen molar-refractivity contribution >= 4 is 28.9 Å². The van der Waals surface area contributed by atoms with Crippen LogP contribution in [0.15, 0.2) is 48.5 Å². The van der Waals surface area contributed by atoms with Gasteiger partial charge in [-0.15, -0.1) is 0 Å². The third kappa shape index (κ3) is 2.93. The van der Waals surface area contributed by atoms with Gasteiger partial charge < -0.3 is 10.2 Å². The predicted molar refractivity (Wildman–Crippen MR) is 85.7 cm³/mol. The Labute approximate surface area is 129 Å². The number of benzene rings is 2. The minimum atomic E-state index is 0.534. The summed E-state index contributed by atoms with van der Waals surface area (Å²) >= 11 is 12.1. The second-order valence-electron chi connectivity index (χ2n) is 5.02. The van der Waals surface area contributed by atoms with Crippen molar-refractivity contribution in [2.45, 2.75) is 12.6 Å². The van der Waals surface area contributed by atoms with E-state index in [9.17, 15) is 0 Å². The lowest BCUT2D eigenvalue weighted by Gasteiger charge is -2.40. The Morgan fingerprint density at radius 2 is 1.75 bits per heavy atom. The molecule has 1 saturated heterocycles. The number of rotatable bonds is 4. The SMILES string of the molecule is Clc1ccc(CN(c2ccccc2)C2CNC2)cc1Cl. The van der Waals surface area contributed by atoms with Crippen LogP contribution in [-0.4, -0.2) is 19.1 Å². The average Bonchev–Trinajstić information content (AvgIpc) is 2.41. The number of halogens is 2. The molecule has 1 aliphatic heterocycles. The summed E-state index contributed by atoms with van der Waals surface area (Å²) in [6, 6.07) is 16.9. The summed E-state index contributed by atoms with van der Waals surface area (Å²) < 4.78 is 0. The highest BCUT2D eigenvalue weighted by Gasteiger charge is 2.24. The summed E-state index contributed by atoms with van der Waals surface area (Å²) in [5.74, 6) is 0. The fourth-order valence-corrected chi connectivity index (χ4v) is 2.70. The first-order valence-corrected chi connectivity index (χ1v) is 7.46. The lowest BCUT2D eigenvalue weighted by atomic mass is 10.1. The number of nitrogens with zero attached hydrogens (tertiary/aromatic N) is 1. The van der Waals surface area contributed by atoms with E-state index in [1.54, 1.807) is 0 Å². The molecule has 1 heterocycles. The van der Waals surface area contributed by atoms with Crippen LogP contribution < -0.4 is 10.2 Å². The summed E-state index contributed by atoms with van der Waals surface area (Å²) in [5.41, 5.74) is 2.42. The summed E-state index contributed by atoms with van der Waals surface area (Å²) in [6.07, 6.45) is 0. The molecule has 1 N–H and O–H groups in total. The standard InChI is InChI=1S/C16H16Cl2N2/c17-15-7-6-12(8-16(15)18)11-20(14-9-19-10-14)13-4-2-1-3-5-13/h1-8,14,19H,9-11H2. The highest BCUT2D eigenvalue weighted by Crippen LogP contribution is 2.26. The number of nitrogens with one attached hydrogen (secondary N) is 1. The maximum Gasteiger partial charge on any atom is 0.0595 e. The molecule has 0 amide bonds. The Morgan fingerprint density at radius 1 is 1.00 bits per heavy atom. The topological polar surface area (TPSA) is 15.3 Å². The number of para-hydroxylation sites is 1. The molecular formula is C16H16Cl2N2. The highest BCUT2D eigenvalue weighted by atomic mass is 35.5. The van der Waals surface area contributed by atoms with Crippen LogP contribution in [0.3, 0.4) is 0 Å². The zero-order chi connectivity index (χ0) is 13.9. The Bertz CT molecular complexity index is 582. The monoisotopic (exact) mass is 306 g/mol. The smallest absolute Gasteiger partial charge is 0.0595 e. The van der Waals surface area contributed by atoms with Crippen LogP contribution in [-0.2, 0) is 6.54 Å². The lowest BCUT2D eigenvalue weighted by molar-refractivity contribution is 0.411.